The number of rotatable bonds is 43. The van der Waals surface area contributed by atoms with Gasteiger partial charge in [0.15, 0.2) is 6.10 Å². The van der Waals surface area contributed by atoms with Crippen molar-refractivity contribution in [3.8, 4) is 0 Å². The Balaban J connectivity index is 4.00. The van der Waals surface area contributed by atoms with Crippen molar-refractivity contribution in [2.45, 2.75) is 272 Å². The molecule has 0 saturated carbocycles. The van der Waals surface area contributed by atoms with Crippen molar-refractivity contribution in [1.29, 1.82) is 0 Å². The molecule has 0 radical (unpaired) electrons. The van der Waals surface area contributed by atoms with E-state index >= 15 is 0 Å². The maximum absolute atomic E-state index is 12.5. The van der Waals surface area contributed by atoms with Gasteiger partial charge < -0.3 is 14.2 Å². The molecule has 0 rings (SSSR count). The van der Waals surface area contributed by atoms with Crippen LogP contribution < -0.4 is 0 Å². The molecule has 0 aromatic heterocycles. The summed E-state index contributed by atoms with van der Waals surface area (Å²) in [5, 5.41) is 0. The quantitative estimate of drug-likeness (QED) is 0.0348. The topological polar surface area (TPSA) is 78.9 Å². The van der Waals surface area contributed by atoms with E-state index in [1.54, 1.807) is 0 Å². The van der Waals surface area contributed by atoms with Crippen LogP contribution in [-0.4, -0.2) is 37.2 Å². The average molecular weight is 779 g/mol. The Labute approximate surface area is 342 Å². The van der Waals surface area contributed by atoms with Gasteiger partial charge in [-0.15, -0.1) is 0 Å². The molecule has 0 amide bonds. The maximum Gasteiger partial charge on any atom is 0.306 e. The van der Waals surface area contributed by atoms with Crippen LogP contribution in [0.3, 0.4) is 0 Å². The molecule has 0 aliphatic carbocycles. The highest BCUT2D eigenvalue weighted by molar-refractivity contribution is 5.71. The molecule has 55 heavy (non-hydrogen) atoms. The summed E-state index contributed by atoms with van der Waals surface area (Å²) in [5.74, 6) is 0.852. The van der Waals surface area contributed by atoms with E-state index in [0.717, 1.165) is 76.0 Å². The normalized spacial score (nSPS) is 13.0. The van der Waals surface area contributed by atoms with E-state index < -0.39 is 6.10 Å². The van der Waals surface area contributed by atoms with Gasteiger partial charge in [-0.05, 0) is 31.1 Å². The largest absolute Gasteiger partial charge is 0.462 e. The maximum atomic E-state index is 12.5. The van der Waals surface area contributed by atoms with Crippen molar-refractivity contribution in [2.75, 3.05) is 13.2 Å². The fraction of sp³-hybridized carbons (Fsp3) is 0.939. The SMILES string of the molecule is CCCCCCCC(=O)O[C@H](COC(=O)CCCCCCCCCCCCCCCCCCCCC(C)CC)COC(=O)CCCCCCCCC(C)CC. The molecular formula is C49H94O6. The fourth-order valence-electron chi connectivity index (χ4n) is 7.22. The lowest BCUT2D eigenvalue weighted by Crippen LogP contribution is -2.30. The highest BCUT2D eigenvalue weighted by Gasteiger charge is 2.19. The third kappa shape index (κ3) is 40.4. The zero-order chi connectivity index (χ0) is 40.5. The van der Waals surface area contributed by atoms with Crippen molar-refractivity contribution in [2.24, 2.45) is 11.8 Å². The molecule has 0 spiro atoms. The summed E-state index contributed by atoms with van der Waals surface area (Å²) >= 11 is 0. The minimum absolute atomic E-state index is 0.0664. The predicted molar refractivity (Wildman–Crippen MR) is 233 cm³/mol. The van der Waals surface area contributed by atoms with Gasteiger partial charge in [0, 0.05) is 19.3 Å². The molecule has 6 heteroatoms. The van der Waals surface area contributed by atoms with E-state index in [-0.39, 0.29) is 31.1 Å². The minimum Gasteiger partial charge on any atom is -0.462 e. The molecule has 0 N–H and O–H groups in total. The van der Waals surface area contributed by atoms with E-state index in [2.05, 4.69) is 34.6 Å². The standard InChI is InChI=1S/C49H94O6/c1-6-9-10-27-36-41-49(52)55-46(43-54-48(51)40-35-31-26-25-29-33-38-45(5)8-3)42-53-47(50)39-34-30-24-22-20-18-16-14-12-11-13-15-17-19-21-23-28-32-37-44(4)7-2/h44-46H,6-43H2,1-5H3/t44?,45?,46-/m1/s1. The first kappa shape index (κ1) is 53.4. The van der Waals surface area contributed by atoms with Crippen molar-refractivity contribution in [1.82, 2.24) is 0 Å². The Morgan fingerprint density at radius 2 is 0.636 bits per heavy atom. The molecule has 326 valence electrons. The molecule has 2 unspecified atom stereocenters. The van der Waals surface area contributed by atoms with Gasteiger partial charge in [0.25, 0.3) is 0 Å². The molecule has 0 aromatic carbocycles. The van der Waals surface area contributed by atoms with Crippen molar-refractivity contribution in [3.05, 3.63) is 0 Å². The second-order valence-electron chi connectivity index (χ2n) is 17.2. The van der Waals surface area contributed by atoms with Crippen LogP contribution in [0.25, 0.3) is 0 Å². The van der Waals surface area contributed by atoms with Gasteiger partial charge in [-0.1, -0.05) is 227 Å². The summed E-state index contributed by atoms with van der Waals surface area (Å²) in [6, 6.07) is 0. The van der Waals surface area contributed by atoms with Gasteiger partial charge in [-0.3, -0.25) is 14.4 Å². The molecule has 0 bridgehead atoms. The summed E-state index contributed by atoms with van der Waals surface area (Å²) in [6.07, 6.45) is 41.3. The minimum atomic E-state index is -0.759. The first-order valence-electron chi connectivity index (χ1n) is 24.3. The Morgan fingerprint density at radius 1 is 0.364 bits per heavy atom. The predicted octanol–water partition coefficient (Wildman–Crippen LogP) is 15.4. The van der Waals surface area contributed by atoms with Crippen molar-refractivity contribution in [3.63, 3.8) is 0 Å². The van der Waals surface area contributed by atoms with Crippen LogP contribution in [0.2, 0.25) is 0 Å². The van der Waals surface area contributed by atoms with Crippen LogP contribution in [0.4, 0.5) is 0 Å². The van der Waals surface area contributed by atoms with Crippen LogP contribution >= 0.6 is 0 Å². The van der Waals surface area contributed by atoms with Gasteiger partial charge >= 0.3 is 17.9 Å². The van der Waals surface area contributed by atoms with Crippen LogP contribution in [0.5, 0.6) is 0 Å². The second-order valence-corrected chi connectivity index (χ2v) is 17.2. The number of carbonyl (C=O) groups excluding carboxylic acids is 3. The zero-order valence-electron chi connectivity index (χ0n) is 37.6. The van der Waals surface area contributed by atoms with Crippen LogP contribution in [-0.2, 0) is 28.6 Å². The third-order valence-corrected chi connectivity index (χ3v) is 11.7. The average Bonchev–Trinajstić information content (AvgIpc) is 3.18. The Kier molecular flexibility index (Phi) is 40.8. The lowest BCUT2D eigenvalue weighted by molar-refractivity contribution is -0.167. The highest BCUT2D eigenvalue weighted by Crippen LogP contribution is 2.18. The summed E-state index contributed by atoms with van der Waals surface area (Å²) < 4.78 is 16.6. The molecule has 0 aliphatic rings. The lowest BCUT2D eigenvalue weighted by Gasteiger charge is -2.18. The molecule has 0 heterocycles. The van der Waals surface area contributed by atoms with Crippen LogP contribution in [0.1, 0.15) is 266 Å². The summed E-state index contributed by atoms with van der Waals surface area (Å²) in [4.78, 5) is 37.5. The van der Waals surface area contributed by atoms with E-state index in [4.69, 9.17) is 14.2 Å². The number of hydrogen-bond acceptors (Lipinski definition) is 6. The third-order valence-electron chi connectivity index (χ3n) is 11.7. The number of esters is 3. The molecule has 6 nitrogen and oxygen atoms in total. The number of unbranched alkanes of at least 4 members (excludes halogenated alkanes) is 26. The van der Waals surface area contributed by atoms with Gasteiger partial charge in [-0.2, -0.15) is 0 Å². The number of hydrogen-bond donors (Lipinski definition) is 0. The Morgan fingerprint density at radius 3 is 0.945 bits per heavy atom. The first-order valence-corrected chi connectivity index (χ1v) is 24.3. The van der Waals surface area contributed by atoms with Gasteiger partial charge in [-0.25, -0.2) is 0 Å². The molecule has 0 aromatic rings. The van der Waals surface area contributed by atoms with Crippen LogP contribution in [0, 0.1) is 11.8 Å². The molecule has 3 atom stereocenters. The summed E-state index contributed by atoms with van der Waals surface area (Å²) in [6.45, 7) is 11.3. The van der Waals surface area contributed by atoms with E-state index in [1.165, 1.54) is 148 Å². The van der Waals surface area contributed by atoms with Crippen molar-refractivity contribution < 1.29 is 28.6 Å². The Bertz CT molecular complexity index is 843. The van der Waals surface area contributed by atoms with Gasteiger partial charge in [0.1, 0.15) is 13.2 Å². The molecule has 0 aliphatic heterocycles. The zero-order valence-corrected chi connectivity index (χ0v) is 37.6. The molecule has 0 saturated heterocycles. The van der Waals surface area contributed by atoms with Crippen LogP contribution in [0.15, 0.2) is 0 Å². The van der Waals surface area contributed by atoms with Gasteiger partial charge in [0.2, 0.25) is 0 Å². The van der Waals surface area contributed by atoms with E-state index in [1.807, 2.05) is 0 Å². The highest BCUT2D eigenvalue weighted by atomic mass is 16.6. The second kappa shape index (κ2) is 42.0. The smallest absolute Gasteiger partial charge is 0.306 e. The number of carbonyl (C=O) groups is 3. The van der Waals surface area contributed by atoms with Crippen molar-refractivity contribution >= 4 is 17.9 Å². The lowest BCUT2D eigenvalue weighted by atomic mass is 9.99. The summed E-state index contributed by atoms with van der Waals surface area (Å²) in [5.41, 5.74) is 0. The monoisotopic (exact) mass is 779 g/mol. The molecule has 0 fully saturated rings. The number of ether oxygens (including phenoxy) is 3. The van der Waals surface area contributed by atoms with E-state index in [0.29, 0.717) is 19.3 Å². The first-order chi connectivity index (χ1) is 26.8. The van der Waals surface area contributed by atoms with E-state index in [9.17, 15) is 14.4 Å². The molecular weight excluding hydrogens is 685 g/mol. The van der Waals surface area contributed by atoms with Gasteiger partial charge in [0.05, 0.1) is 0 Å². The fourth-order valence-corrected chi connectivity index (χ4v) is 7.22. The Hall–Kier alpha value is -1.59. The summed E-state index contributed by atoms with van der Waals surface area (Å²) in [7, 11) is 0.